The van der Waals surface area contributed by atoms with Crippen LogP contribution in [0.2, 0.25) is 0 Å². The summed E-state index contributed by atoms with van der Waals surface area (Å²) in [6.07, 6.45) is 2.02. The van der Waals surface area contributed by atoms with Gasteiger partial charge in [0, 0.05) is 30.9 Å². The molecule has 0 saturated heterocycles. The van der Waals surface area contributed by atoms with Crippen LogP contribution in [-0.4, -0.2) is 84.0 Å². The maximum Gasteiger partial charge on any atom is 0.330 e. The normalized spacial score (nSPS) is 18.4. The lowest BCUT2D eigenvalue weighted by Crippen LogP contribution is -2.64. The number of methoxy groups -OCH3 is 1. The molecule has 11 nitrogen and oxygen atoms in total. The van der Waals surface area contributed by atoms with Crippen molar-refractivity contribution in [2.24, 2.45) is 21.0 Å². The summed E-state index contributed by atoms with van der Waals surface area (Å²) in [5.41, 5.74) is 5.06. The number of rotatable bonds is 11. The highest BCUT2D eigenvalue weighted by atomic mass is 32.2. The Bertz CT molecular complexity index is 1320. The van der Waals surface area contributed by atoms with Crippen LogP contribution in [0.5, 0.6) is 0 Å². The third kappa shape index (κ3) is 5.96. The van der Waals surface area contributed by atoms with Crippen LogP contribution in [0.4, 0.5) is 5.69 Å². The van der Waals surface area contributed by atoms with Crippen LogP contribution in [0, 0.1) is 0 Å². The van der Waals surface area contributed by atoms with Crippen LogP contribution in [0.3, 0.4) is 0 Å². The lowest BCUT2D eigenvalue weighted by molar-refractivity contribution is -0.155. The van der Waals surface area contributed by atoms with E-state index in [1.807, 2.05) is 12.3 Å². The summed E-state index contributed by atoms with van der Waals surface area (Å²) in [6.45, 7) is 1.22. The molecule has 13 heteroatoms. The van der Waals surface area contributed by atoms with Crippen LogP contribution >= 0.6 is 24.4 Å². The van der Waals surface area contributed by atoms with Gasteiger partial charge in [0.05, 0.1) is 24.6 Å². The van der Waals surface area contributed by atoms with Gasteiger partial charge in [-0.25, -0.2) is 19.8 Å². The molecule has 0 fully saturated rings. The minimum atomic E-state index is -2.52. The number of aliphatic imine (C=N–C) groups is 1. The quantitative estimate of drug-likeness (QED) is 0.179. The van der Waals surface area contributed by atoms with Crippen LogP contribution < -0.4 is 10.7 Å². The zero-order valence-electron chi connectivity index (χ0n) is 22.7. The van der Waals surface area contributed by atoms with Gasteiger partial charge >= 0.3 is 17.5 Å². The van der Waals surface area contributed by atoms with Crippen LogP contribution in [-0.2, 0) is 23.9 Å². The third-order valence-corrected chi connectivity index (χ3v) is 7.26. The van der Waals surface area contributed by atoms with E-state index >= 15 is 0 Å². The molecule has 0 bridgehead atoms. The molecule has 2 unspecified atom stereocenters. The predicted molar refractivity (Wildman–Crippen MR) is 158 cm³/mol. The predicted octanol–water partition coefficient (Wildman–Crippen LogP) is 2.53. The lowest BCUT2D eigenvalue weighted by atomic mass is 9.98. The second-order valence-corrected chi connectivity index (χ2v) is 10.1. The Labute approximate surface area is 242 Å². The zero-order chi connectivity index (χ0) is 29.4. The number of hydrogen-bond acceptors (Lipinski definition) is 11. The van der Waals surface area contributed by atoms with Gasteiger partial charge in [0.2, 0.25) is 11.7 Å². The van der Waals surface area contributed by atoms with Gasteiger partial charge in [0.25, 0.3) is 0 Å². The van der Waals surface area contributed by atoms with Crippen molar-refractivity contribution in [1.29, 1.82) is 0 Å². The molecule has 3 atom stereocenters. The van der Waals surface area contributed by atoms with Gasteiger partial charge in [-0.1, -0.05) is 48.5 Å². The van der Waals surface area contributed by atoms with E-state index in [0.717, 1.165) is 10.0 Å². The lowest BCUT2D eigenvalue weighted by Gasteiger charge is -2.40. The fourth-order valence-corrected chi connectivity index (χ4v) is 5.01. The maximum atomic E-state index is 14.7. The van der Waals surface area contributed by atoms with Crippen molar-refractivity contribution < 1.29 is 23.9 Å². The van der Waals surface area contributed by atoms with Gasteiger partial charge in [0.15, 0.2) is 6.04 Å². The van der Waals surface area contributed by atoms with Crippen molar-refractivity contribution in [3.05, 3.63) is 65.7 Å². The highest BCUT2D eigenvalue weighted by molar-refractivity contribution is 7.98. The maximum absolute atomic E-state index is 14.7. The molecule has 3 rings (SSSR count). The molecule has 2 N–H and O–H groups in total. The Hall–Kier alpha value is -3.55. The molecule has 1 heterocycles. The fourth-order valence-electron chi connectivity index (χ4n) is 4.38. The number of thioether (sulfide) groups is 1. The fraction of sp³-hybridized carbons (Fsp3) is 0.370. The first-order chi connectivity index (χ1) is 19.2. The average Bonchev–Trinajstić information content (AvgIpc) is 3.07. The Balaban J connectivity index is 2.47. The minimum absolute atomic E-state index is 0.106. The number of ketones is 1. The van der Waals surface area contributed by atoms with E-state index in [9.17, 15) is 19.2 Å². The Morgan fingerprint density at radius 1 is 1.18 bits per heavy atom. The summed E-state index contributed by atoms with van der Waals surface area (Å²) in [6, 6.07) is 13.2. The number of carbonyl (C=O) groups is 4. The number of carbonyl (C=O) groups excluding carboxylic acids is 4. The van der Waals surface area contributed by atoms with E-state index in [1.165, 1.54) is 32.8 Å². The molecule has 2 aromatic rings. The molecule has 0 aromatic heterocycles. The van der Waals surface area contributed by atoms with Crippen molar-refractivity contribution in [2.75, 3.05) is 36.9 Å². The van der Waals surface area contributed by atoms with Gasteiger partial charge in [0.1, 0.15) is 0 Å². The minimum Gasteiger partial charge on any atom is -0.467 e. The zero-order valence-corrected chi connectivity index (χ0v) is 24.4. The van der Waals surface area contributed by atoms with Crippen molar-refractivity contribution in [2.45, 2.75) is 31.1 Å². The largest absolute Gasteiger partial charge is 0.467 e. The molecule has 40 heavy (non-hydrogen) atoms. The second kappa shape index (κ2) is 13.7. The topological polar surface area (TPSA) is 147 Å². The third-order valence-electron chi connectivity index (χ3n) is 6.22. The van der Waals surface area contributed by atoms with E-state index in [1.54, 1.807) is 48.5 Å². The number of benzene rings is 2. The van der Waals surface area contributed by atoms with E-state index < -0.39 is 41.3 Å². The smallest absolute Gasteiger partial charge is 0.330 e. The number of thiol groups is 1. The molecule has 2 amide bonds. The number of benzodiazepines with no additional fused rings is 1. The standard InChI is InChI=1S/C27H32N6O5S2/c1-17(34)32(22(14-15-40-4)25(36)38-3)33-21-13-9-8-12-19(21)23(18-10-6-5-7-11-18)30-27(26(33)37,31-29-2)24(35)20(28)16-39/h5-13,20,22,39H,14-16,28H2,1-4H3/t20?,22-,27?/m0/s1. The molecule has 2 aromatic carbocycles. The Morgan fingerprint density at radius 2 is 1.82 bits per heavy atom. The molecule has 212 valence electrons. The van der Waals surface area contributed by atoms with Crippen molar-refractivity contribution in [3.8, 4) is 0 Å². The number of amides is 2. The van der Waals surface area contributed by atoms with Gasteiger partial charge < -0.3 is 10.5 Å². The molecule has 1 aliphatic heterocycles. The summed E-state index contributed by atoms with van der Waals surface area (Å²) < 4.78 is 5.03. The van der Waals surface area contributed by atoms with Gasteiger partial charge in [-0.3, -0.25) is 14.4 Å². The number of hydrogen-bond donors (Lipinski definition) is 2. The number of ether oxygens (including phenoxy) is 1. The van der Waals surface area contributed by atoms with Crippen LogP contribution in [0.15, 0.2) is 69.8 Å². The first-order valence-electron chi connectivity index (χ1n) is 12.4. The van der Waals surface area contributed by atoms with Crippen LogP contribution in [0.1, 0.15) is 24.5 Å². The number of fused-ring (bicyclic) bond motifs is 1. The number of nitrogens with zero attached hydrogens (tertiary/aromatic N) is 5. The number of hydrazine groups is 1. The summed E-state index contributed by atoms with van der Waals surface area (Å²) in [5.74, 6) is -2.90. The number of anilines is 1. The second-order valence-electron chi connectivity index (χ2n) is 8.77. The molecule has 1 aliphatic rings. The molecule has 0 radical (unpaired) electrons. The molecule has 0 spiro atoms. The Kier molecular flexibility index (Phi) is 10.6. The molecular formula is C27H32N6O5S2. The van der Waals surface area contributed by atoms with Gasteiger partial charge in [-0.05, 0) is 24.5 Å². The first kappa shape index (κ1) is 31.0. The monoisotopic (exact) mass is 584 g/mol. The number of nitrogens with two attached hydrogens (primary N) is 1. The van der Waals surface area contributed by atoms with E-state index in [0.29, 0.717) is 16.9 Å². The number of Topliss-reactive ketones (excluding diaryl/α,β-unsaturated/α-hetero) is 1. The SMILES string of the molecule is CN=NC1(C(=O)C(N)CS)N=C(c2ccccc2)c2ccccc2N(N(C(C)=O)[C@@H](CCSC)C(=O)OC)C1=O. The number of para-hydroxylation sites is 1. The molecule has 0 aliphatic carbocycles. The van der Waals surface area contributed by atoms with Gasteiger partial charge in [-0.2, -0.15) is 29.5 Å². The molecule has 0 saturated carbocycles. The van der Waals surface area contributed by atoms with Crippen LogP contribution in [0.25, 0.3) is 0 Å². The van der Waals surface area contributed by atoms with E-state index in [2.05, 4.69) is 27.8 Å². The summed E-state index contributed by atoms with van der Waals surface area (Å²) >= 11 is 5.62. The van der Waals surface area contributed by atoms with E-state index in [-0.39, 0.29) is 23.6 Å². The Morgan fingerprint density at radius 3 is 2.40 bits per heavy atom. The highest BCUT2D eigenvalue weighted by Crippen LogP contribution is 2.36. The average molecular weight is 585 g/mol. The van der Waals surface area contributed by atoms with Crippen molar-refractivity contribution in [1.82, 2.24) is 5.01 Å². The van der Waals surface area contributed by atoms with Crippen molar-refractivity contribution >= 4 is 59.4 Å². The van der Waals surface area contributed by atoms with E-state index in [4.69, 9.17) is 10.5 Å². The highest BCUT2D eigenvalue weighted by Gasteiger charge is 2.56. The summed E-state index contributed by atoms with van der Waals surface area (Å²) in [7, 11) is 2.50. The van der Waals surface area contributed by atoms with Gasteiger partial charge in [-0.15, -0.1) is 5.11 Å². The molecular weight excluding hydrogens is 552 g/mol. The summed E-state index contributed by atoms with van der Waals surface area (Å²) in [5, 5.41) is 9.90. The first-order valence-corrected chi connectivity index (χ1v) is 14.4. The number of azo groups is 1. The van der Waals surface area contributed by atoms with Crippen molar-refractivity contribution in [3.63, 3.8) is 0 Å². The summed E-state index contributed by atoms with van der Waals surface area (Å²) in [4.78, 5) is 59.7. The number of esters is 1.